The second kappa shape index (κ2) is 5.66. The molecule has 0 aromatic heterocycles. The highest BCUT2D eigenvalue weighted by Crippen LogP contribution is 2.18. The van der Waals surface area contributed by atoms with E-state index in [4.69, 9.17) is 0 Å². The van der Waals surface area contributed by atoms with Gasteiger partial charge in [-0.3, -0.25) is 10.2 Å². The van der Waals surface area contributed by atoms with Crippen LogP contribution < -0.4 is 5.43 Å². The Labute approximate surface area is 97.4 Å². The van der Waals surface area contributed by atoms with Gasteiger partial charge in [0.05, 0.1) is 0 Å². The number of nitrogens with zero attached hydrogens (tertiary/aromatic N) is 1. The lowest BCUT2D eigenvalue weighted by atomic mass is 9.97. The minimum atomic E-state index is -0.0688. The fourth-order valence-corrected chi connectivity index (χ4v) is 1.47. The van der Waals surface area contributed by atoms with E-state index < -0.39 is 0 Å². The third kappa shape index (κ3) is 3.35. The second-order valence-corrected chi connectivity index (χ2v) is 4.27. The van der Waals surface area contributed by atoms with Gasteiger partial charge in [-0.2, -0.15) is 0 Å². The molecule has 0 aliphatic carbocycles. The van der Waals surface area contributed by atoms with E-state index >= 15 is 0 Å². The summed E-state index contributed by atoms with van der Waals surface area (Å²) >= 11 is 0. The Kier molecular flexibility index (Phi) is 4.50. The van der Waals surface area contributed by atoms with E-state index in [-0.39, 0.29) is 5.91 Å². The maximum Gasteiger partial charge on any atom is 0.265 e. The summed E-state index contributed by atoms with van der Waals surface area (Å²) in [5.74, 6) is 0.478. The average Bonchev–Trinajstić information content (AvgIpc) is 2.27. The van der Waals surface area contributed by atoms with Gasteiger partial charge in [-0.25, -0.2) is 5.01 Å². The van der Waals surface area contributed by atoms with Crippen LogP contribution in [0.25, 0.3) is 0 Å². The first-order chi connectivity index (χ1) is 7.54. The summed E-state index contributed by atoms with van der Waals surface area (Å²) in [4.78, 5) is 11.7. The Balaban J connectivity index is 2.74. The second-order valence-electron chi connectivity index (χ2n) is 4.27. The number of hydrogen-bond acceptors (Lipinski definition) is 2. The molecule has 0 aliphatic rings. The van der Waals surface area contributed by atoms with Crippen LogP contribution in [-0.2, 0) is 0 Å². The predicted octanol–water partition coefficient (Wildman–Crippen LogP) is 2.41. The molecule has 1 N–H and O–H groups in total. The van der Waals surface area contributed by atoms with E-state index in [9.17, 15) is 4.79 Å². The monoisotopic (exact) mass is 220 g/mol. The van der Waals surface area contributed by atoms with Crippen molar-refractivity contribution in [2.75, 3.05) is 14.1 Å². The zero-order valence-electron chi connectivity index (χ0n) is 10.4. The van der Waals surface area contributed by atoms with Crippen LogP contribution in [0.1, 0.15) is 42.1 Å². The maximum absolute atomic E-state index is 11.7. The molecule has 3 heteroatoms. The molecule has 1 atom stereocenters. The highest BCUT2D eigenvalue weighted by Gasteiger charge is 2.07. The Morgan fingerprint density at radius 3 is 2.31 bits per heavy atom. The summed E-state index contributed by atoms with van der Waals surface area (Å²) in [5, 5.41) is 1.64. The maximum atomic E-state index is 11.7. The van der Waals surface area contributed by atoms with E-state index in [0.717, 1.165) is 6.42 Å². The van der Waals surface area contributed by atoms with Gasteiger partial charge in [0, 0.05) is 19.7 Å². The molecule has 0 bridgehead atoms. The van der Waals surface area contributed by atoms with Crippen molar-refractivity contribution in [3.63, 3.8) is 0 Å². The third-order valence-electron chi connectivity index (χ3n) is 2.68. The summed E-state index contributed by atoms with van der Waals surface area (Å²) in [6.45, 7) is 4.35. The largest absolute Gasteiger partial charge is 0.285 e. The first-order valence-electron chi connectivity index (χ1n) is 5.62. The molecule has 1 aromatic rings. The minimum Gasteiger partial charge on any atom is -0.285 e. The Bertz CT molecular complexity index is 343. The summed E-state index contributed by atoms with van der Waals surface area (Å²) in [6, 6.07) is 7.80. The standard InChI is InChI=1S/C13H20N2O/c1-5-10(2)11-6-8-12(9-7-11)13(16)14-15(3)4/h6-10H,5H2,1-4H3,(H,14,16). The molecular formula is C13H20N2O. The molecule has 88 valence electrons. The molecule has 16 heavy (non-hydrogen) atoms. The molecule has 1 unspecified atom stereocenters. The lowest BCUT2D eigenvalue weighted by Gasteiger charge is -2.13. The van der Waals surface area contributed by atoms with Crippen molar-refractivity contribution >= 4 is 5.91 Å². The molecule has 0 fully saturated rings. The molecule has 0 radical (unpaired) electrons. The van der Waals surface area contributed by atoms with E-state index in [2.05, 4.69) is 19.3 Å². The zero-order chi connectivity index (χ0) is 12.1. The van der Waals surface area contributed by atoms with Crippen molar-refractivity contribution in [2.45, 2.75) is 26.2 Å². The summed E-state index contributed by atoms with van der Waals surface area (Å²) < 4.78 is 0. The number of rotatable bonds is 4. The highest BCUT2D eigenvalue weighted by molar-refractivity contribution is 5.93. The Morgan fingerprint density at radius 1 is 1.31 bits per heavy atom. The fourth-order valence-electron chi connectivity index (χ4n) is 1.47. The van der Waals surface area contributed by atoms with E-state index in [1.165, 1.54) is 5.56 Å². The van der Waals surface area contributed by atoms with Crippen LogP contribution in [-0.4, -0.2) is 25.0 Å². The van der Waals surface area contributed by atoms with Gasteiger partial charge >= 0.3 is 0 Å². The number of nitrogens with one attached hydrogen (secondary N) is 1. The van der Waals surface area contributed by atoms with Gasteiger partial charge in [-0.05, 0) is 30.0 Å². The van der Waals surface area contributed by atoms with Gasteiger partial charge in [0.1, 0.15) is 0 Å². The van der Waals surface area contributed by atoms with Crippen LogP contribution in [0.4, 0.5) is 0 Å². The first kappa shape index (κ1) is 12.7. The van der Waals surface area contributed by atoms with E-state index in [1.807, 2.05) is 24.3 Å². The molecule has 1 aromatic carbocycles. The molecule has 0 saturated carbocycles. The van der Waals surface area contributed by atoms with Crippen molar-refractivity contribution < 1.29 is 4.79 Å². The zero-order valence-corrected chi connectivity index (χ0v) is 10.4. The number of carbonyl (C=O) groups excluding carboxylic acids is 1. The normalized spacial score (nSPS) is 12.6. The van der Waals surface area contributed by atoms with Crippen LogP contribution in [0.15, 0.2) is 24.3 Å². The third-order valence-corrected chi connectivity index (χ3v) is 2.68. The molecule has 1 amide bonds. The number of benzene rings is 1. The summed E-state index contributed by atoms with van der Waals surface area (Å²) in [5.41, 5.74) is 4.69. The van der Waals surface area contributed by atoms with Gasteiger partial charge in [0.15, 0.2) is 0 Å². The number of carbonyl (C=O) groups is 1. The fraction of sp³-hybridized carbons (Fsp3) is 0.462. The predicted molar refractivity (Wildman–Crippen MR) is 66.3 cm³/mol. The van der Waals surface area contributed by atoms with Crippen LogP contribution in [0.2, 0.25) is 0 Å². The van der Waals surface area contributed by atoms with E-state index in [0.29, 0.717) is 11.5 Å². The lowest BCUT2D eigenvalue weighted by Crippen LogP contribution is -2.36. The molecular weight excluding hydrogens is 200 g/mol. The van der Waals surface area contributed by atoms with Gasteiger partial charge in [-0.15, -0.1) is 0 Å². The SMILES string of the molecule is CCC(C)c1ccc(C(=O)NN(C)C)cc1. The number of amides is 1. The van der Waals surface area contributed by atoms with Crippen molar-refractivity contribution in [3.05, 3.63) is 35.4 Å². The first-order valence-corrected chi connectivity index (χ1v) is 5.62. The van der Waals surface area contributed by atoms with Crippen molar-refractivity contribution in [1.82, 2.24) is 10.4 Å². The van der Waals surface area contributed by atoms with Gasteiger partial charge in [0.25, 0.3) is 5.91 Å². The average molecular weight is 220 g/mol. The van der Waals surface area contributed by atoms with Crippen molar-refractivity contribution in [3.8, 4) is 0 Å². The molecule has 0 spiro atoms. The molecule has 0 aliphatic heterocycles. The smallest absolute Gasteiger partial charge is 0.265 e. The van der Waals surface area contributed by atoms with Crippen LogP contribution in [0, 0.1) is 0 Å². The van der Waals surface area contributed by atoms with Crippen LogP contribution in [0.5, 0.6) is 0 Å². The van der Waals surface area contributed by atoms with E-state index in [1.54, 1.807) is 19.1 Å². The van der Waals surface area contributed by atoms with Gasteiger partial charge in [0.2, 0.25) is 0 Å². The summed E-state index contributed by atoms with van der Waals surface area (Å²) in [7, 11) is 3.59. The highest BCUT2D eigenvalue weighted by atomic mass is 16.2. The molecule has 3 nitrogen and oxygen atoms in total. The Hall–Kier alpha value is -1.35. The quantitative estimate of drug-likeness (QED) is 0.790. The van der Waals surface area contributed by atoms with Crippen LogP contribution >= 0.6 is 0 Å². The van der Waals surface area contributed by atoms with Crippen LogP contribution in [0.3, 0.4) is 0 Å². The van der Waals surface area contributed by atoms with Crippen molar-refractivity contribution in [1.29, 1.82) is 0 Å². The molecule has 1 rings (SSSR count). The summed E-state index contributed by atoms with van der Waals surface area (Å²) in [6.07, 6.45) is 1.11. The topological polar surface area (TPSA) is 32.3 Å². The van der Waals surface area contributed by atoms with Gasteiger partial charge < -0.3 is 0 Å². The number of hydrazine groups is 1. The van der Waals surface area contributed by atoms with Gasteiger partial charge in [-0.1, -0.05) is 26.0 Å². The minimum absolute atomic E-state index is 0.0688. The Morgan fingerprint density at radius 2 is 1.88 bits per heavy atom. The molecule has 0 saturated heterocycles. The van der Waals surface area contributed by atoms with Crippen molar-refractivity contribution in [2.24, 2.45) is 0 Å². The number of hydrogen-bond donors (Lipinski definition) is 1. The lowest BCUT2D eigenvalue weighted by molar-refractivity contribution is 0.0857. The molecule has 0 heterocycles.